The second-order valence-electron chi connectivity index (χ2n) is 3.88. The summed E-state index contributed by atoms with van der Waals surface area (Å²) in [5.74, 6) is 0.217. The van der Waals surface area contributed by atoms with E-state index < -0.39 is 9.84 Å². The fourth-order valence-corrected chi connectivity index (χ4v) is 2.66. The van der Waals surface area contributed by atoms with Gasteiger partial charge in [-0.05, 0) is 33.6 Å². The van der Waals surface area contributed by atoms with Crippen molar-refractivity contribution in [3.63, 3.8) is 0 Å². The summed E-state index contributed by atoms with van der Waals surface area (Å²) in [5.41, 5.74) is 0. The maximum absolute atomic E-state index is 11.0. The summed E-state index contributed by atoms with van der Waals surface area (Å²) in [4.78, 5) is 2.11. The van der Waals surface area contributed by atoms with Gasteiger partial charge in [-0.3, -0.25) is 0 Å². The lowest BCUT2D eigenvalue weighted by Gasteiger charge is -2.12. The Hall–Kier alpha value is -0.390. The van der Waals surface area contributed by atoms with Crippen molar-refractivity contribution in [3.8, 4) is 0 Å². The van der Waals surface area contributed by atoms with Gasteiger partial charge < -0.3 is 10.2 Å². The third-order valence-electron chi connectivity index (χ3n) is 2.12. The van der Waals surface area contributed by atoms with Crippen LogP contribution in [-0.2, 0) is 9.84 Å². The van der Waals surface area contributed by atoms with Crippen molar-refractivity contribution in [3.05, 3.63) is 11.5 Å². The normalized spacial score (nSPS) is 24.6. The second-order valence-corrected chi connectivity index (χ2v) is 5.81. The molecule has 0 aliphatic carbocycles. The van der Waals surface area contributed by atoms with E-state index >= 15 is 0 Å². The third-order valence-corrected chi connectivity index (χ3v) is 3.51. The monoisotopic (exact) mass is 218 g/mol. The number of sulfone groups is 1. The van der Waals surface area contributed by atoms with Crippen molar-refractivity contribution in [1.82, 2.24) is 10.2 Å². The summed E-state index contributed by atoms with van der Waals surface area (Å²) in [6.07, 6.45) is 2.77. The SMILES string of the molecule is CN(C)CCCNC1C=CS(=O)(=O)C1. The molecule has 4 nitrogen and oxygen atoms in total. The molecule has 0 amide bonds. The molecular weight excluding hydrogens is 200 g/mol. The van der Waals surface area contributed by atoms with E-state index in [1.54, 1.807) is 6.08 Å². The van der Waals surface area contributed by atoms with E-state index in [0.29, 0.717) is 0 Å². The van der Waals surface area contributed by atoms with E-state index in [1.807, 2.05) is 14.1 Å². The molecule has 1 aliphatic heterocycles. The van der Waals surface area contributed by atoms with Crippen LogP contribution in [0.2, 0.25) is 0 Å². The van der Waals surface area contributed by atoms with Crippen molar-refractivity contribution < 1.29 is 8.42 Å². The standard InChI is InChI=1S/C9H18N2O2S/c1-11(2)6-3-5-10-9-4-7-14(12,13)8-9/h4,7,9-10H,3,5-6,8H2,1-2H3. The van der Waals surface area contributed by atoms with Gasteiger partial charge in [0.25, 0.3) is 0 Å². The van der Waals surface area contributed by atoms with Crippen LogP contribution in [0.5, 0.6) is 0 Å². The van der Waals surface area contributed by atoms with Gasteiger partial charge in [-0.1, -0.05) is 6.08 Å². The lowest BCUT2D eigenvalue weighted by atomic mass is 10.3. The van der Waals surface area contributed by atoms with E-state index in [2.05, 4.69) is 10.2 Å². The van der Waals surface area contributed by atoms with Crippen LogP contribution in [0.4, 0.5) is 0 Å². The van der Waals surface area contributed by atoms with Gasteiger partial charge in [0, 0.05) is 11.4 Å². The van der Waals surface area contributed by atoms with Crippen molar-refractivity contribution in [2.75, 3.05) is 32.9 Å². The Kier molecular flexibility index (Phi) is 4.10. The Labute approximate surface area is 85.9 Å². The fraction of sp³-hybridized carbons (Fsp3) is 0.778. The van der Waals surface area contributed by atoms with Crippen LogP contribution in [0.25, 0.3) is 0 Å². The van der Waals surface area contributed by atoms with Gasteiger partial charge in [-0.2, -0.15) is 0 Å². The first-order chi connectivity index (χ1) is 6.49. The Bertz CT molecular complexity index is 296. The molecular formula is C9H18N2O2S. The lowest BCUT2D eigenvalue weighted by molar-refractivity contribution is 0.392. The minimum atomic E-state index is -2.90. The number of rotatable bonds is 5. The highest BCUT2D eigenvalue weighted by Crippen LogP contribution is 2.07. The van der Waals surface area contributed by atoms with Gasteiger partial charge in [-0.25, -0.2) is 8.42 Å². The highest BCUT2D eigenvalue weighted by molar-refractivity contribution is 7.94. The summed E-state index contributed by atoms with van der Waals surface area (Å²) in [7, 11) is 1.15. The molecule has 82 valence electrons. The molecule has 0 aromatic heterocycles. The average Bonchev–Trinajstić information content (AvgIpc) is 2.39. The minimum Gasteiger partial charge on any atom is -0.309 e. The number of nitrogens with one attached hydrogen (secondary N) is 1. The molecule has 1 rings (SSSR count). The quantitative estimate of drug-likeness (QED) is 0.651. The van der Waals surface area contributed by atoms with Crippen molar-refractivity contribution in [1.29, 1.82) is 0 Å². The highest BCUT2D eigenvalue weighted by Gasteiger charge is 2.20. The van der Waals surface area contributed by atoms with Crippen molar-refractivity contribution in [2.24, 2.45) is 0 Å². The molecule has 0 radical (unpaired) electrons. The van der Waals surface area contributed by atoms with Crippen LogP contribution in [0.3, 0.4) is 0 Å². The first kappa shape index (κ1) is 11.7. The largest absolute Gasteiger partial charge is 0.309 e. The van der Waals surface area contributed by atoms with Gasteiger partial charge in [0.05, 0.1) is 5.75 Å². The molecule has 1 aliphatic rings. The molecule has 0 saturated carbocycles. The van der Waals surface area contributed by atoms with Gasteiger partial charge in [-0.15, -0.1) is 0 Å². The van der Waals surface area contributed by atoms with E-state index in [0.717, 1.165) is 19.5 Å². The Balaban J connectivity index is 2.13. The van der Waals surface area contributed by atoms with Gasteiger partial charge >= 0.3 is 0 Å². The summed E-state index contributed by atoms with van der Waals surface area (Å²) in [5, 5.41) is 4.50. The number of hydrogen-bond donors (Lipinski definition) is 1. The molecule has 1 heterocycles. The molecule has 0 fully saturated rings. The smallest absolute Gasteiger partial charge is 0.173 e. The predicted octanol–water partition coefficient (Wildman–Crippen LogP) is -0.162. The molecule has 0 aromatic rings. The Morgan fingerprint density at radius 3 is 2.71 bits per heavy atom. The van der Waals surface area contributed by atoms with Gasteiger partial charge in [0.1, 0.15) is 0 Å². The first-order valence-corrected chi connectivity index (χ1v) is 6.50. The number of nitrogens with zero attached hydrogens (tertiary/aromatic N) is 1. The van der Waals surface area contributed by atoms with Crippen LogP contribution < -0.4 is 5.32 Å². The Morgan fingerprint density at radius 1 is 1.50 bits per heavy atom. The van der Waals surface area contributed by atoms with Crippen molar-refractivity contribution >= 4 is 9.84 Å². The van der Waals surface area contributed by atoms with Crippen LogP contribution >= 0.6 is 0 Å². The minimum absolute atomic E-state index is 0.0159. The van der Waals surface area contributed by atoms with Gasteiger partial charge in [0.15, 0.2) is 9.84 Å². The van der Waals surface area contributed by atoms with E-state index in [1.165, 1.54) is 5.41 Å². The Morgan fingerprint density at radius 2 is 2.21 bits per heavy atom. The topological polar surface area (TPSA) is 49.4 Å². The first-order valence-electron chi connectivity index (χ1n) is 4.79. The molecule has 0 bridgehead atoms. The van der Waals surface area contributed by atoms with Crippen molar-refractivity contribution in [2.45, 2.75) is 12.5 Å². The zero-order chi connectivity index (χ0) is 10.6. The predicted molar refractivity (Wildman–Crippen MR) is 57.9 cm³/mol. The molecule has 1 N–H and O–H groups in total. The molecule has 0 saturated heterocycles. The third kappa shape index (κ3) is 4.21. The maximum atomic E-state index is 11.0. The lowest BCUT2D eigenvalue weighted by Crippen LogP contribution is -2.32. The summed E-state index contributed by atoms with van der Waals surface area (Å²) < 4.78 is 22.1. The van der Waals surface area contributed by atoms with Gasteiger partial charge in [0.2, 0.25) is 0 Å². The fourth-order valence-electron chi connectivity index (χ4n) is 1.39. The zero-order valence-corrected chi connectivity index (χ0v) is 9.55. The second kappa shape index (κ2) is 4.91. The van der Waals surface area contributed by atoms with Crippen LogP contribution in [0.1, 0.15) is 6.42 Å². The van der Waals surface area contributed by atoms with Crippen LogP contribution in [0, 0.1) is 0 Å². The van der Waals surface area contributed by atoms with E-state index in [4.69, 9.17) is 0 Å². The molecule has 0 aromatic carbocycles. The average molecular weight is 218 g/mol. The molecule has 1 atom stereocenters. The molecule has 1 unspecified atom stereocenters. The van der Waals surface area contributed by atoms with Crippen LogP contribution in [-0.4, -0.2) is 52.3 Å². The van der Waals surface area contributed by atoms with Crippen LogP contribution in [0.15, 0.2) is 11.5 Å². The molecule has 14 heavy (non-hydrogen) atoms. The summed E-state index contributed by atoms with van der Waals surface area (Å²) in [6.45, 7) is 1.89. The number of hydrogen-bond acceptors (Lipinski definition) is 4. The summed E-state index contributed by atoms with van der Waals surface area (Å²) in [6, 6.07) is 0.0159. The summed E-state index contributed by atoms with van der Waals surface area (Å²) >= 11 is 0. The molecule has 5 heteroatoms. The maximum Gasteiger partial charge on any atom is 0.173 e. The zero-order valence-electron chi connectivity index (χ0n) is 8.73. The van der Waals surface area contributed by atoms with E-state index in [-0.39, 0.29) is 11.8 Å². The highest BCUT2D eigenvalue weighted by atomic mass is 32.2. The molecule has 0 spiro atoms. The van der Waals surface area contributed by atoms with E-state index in [9.17, 15) is 8.42 Å².